The number of hydrogen-bond donors (Lipinski definition) is 3. The summed E-state index contributed by atoms with van der Waals surface area (Å²) in [6.45, 7) is 2.41. The molecule has 3 N–H and O–H groups in total. The number of nitrogens with one attached hydrogen (secondary N) is 2. The van der Waals surface area contributed by atoms with Crippen molar-refractivity contribution in [2.45, 2.75) is 45.1 Å². The van der Waals surface area contributed by atoms with Crippen LogP contribution in [0.15, 0.2) is 72.8 Å². The maximum atomic E-state index is 13.2. The van der Waals surface area contributed by atoms with Gasteiger partial charge in [0.15, 0.2) is 0 Å². The van der Waals surface area contributed by atoms with Crippen LogP contribution in [0.2, 0.25) is 5.02 Å². The lowest BCUT2D eigenvalue weighted by atomic mass is 10.0. The van der Waals surface area contributed by atoms with Gasteiger partial charge in [-0.2, -0.15) is 9.78 Å². The molecular formula is C30H29ClN4O3. The molecule has 0 radical (unpaired) electrons. The van der Waals surface area contributed by atoms with Crippen LogP contribution in [0.5, 0.6) is 5.75 Å². The van der Waals surface area contributed by atoms with E-state index in [9.17, 15) is 14.7 Å². The number of anilines is 1. The summed E-state index contributed by atoms with van der Waals surface area (Å²) in [7, 11) is 0. The zero-order valence-electron chi connectivity index (χ0n) is 21.1. The molecule has 0 saturated heterocycles. The summed E-state index contributed by atoms with van der Waals surface area (Å²) in [5, 5.41) is 21.7. The van der Waals surface area contributed by atoms with Crippen molar-refractivity contribution >= 4 is 29.2 Å². The van der Waals surface area contributed by atoms with Crippen molar-refractivity contribution < 1.29 is 14.7 Å². The maximum absolute atomic E-state index is 13.2. The van der Waals surface area contributed by atoms with Crippen molar-refractivity contribution in [2.75, 3.05) is 5.32 Å². The van der Waals surface area contributed by atoms with E-state index in [1.165, 1.54) is 10.7 Å². The summed E-state index contributed by atoms with van der Waals surface area (Å²) in [6, 6.07) is 21.0. The molecule has 1 saturated carbocycles. The molecule has 1 aliphatic rings. The van der Waals surface area contributed by atoms with E-state index in [0.29, 0.717) is 34.1 Å². The third kappa shape index (κ3) is 5.73. The van der Waals surface area contributed by atoms with E-state index in [-0.39, 0.29) is 23.6 Å². The Bertz CT molecular complexity index is 1470. The lowest BCUT2D eigenvalue weighted by molar-refractivity contribution is 0.102. The highest BCUT2D eigenvalue weighted by Crippen LogP contribution is 2.38. The van der Waals surface area contributed by atoms with Crippen LogP contribution in [0.1, 0.15) is 58.8 Å². The quantitative estimate of drug-likeness (QED) is 0.254. The number of carbonyl (C=O) groups is 2. The summed E-state index contributed by atoms with van der Waals surface area (Å²) < 4.78 is 1.44. The largest absolute Gasteiger partial charge is 0.507 e. The van der Waals surface area contributed by atoms with Crippen LogP contribution in [-0.4, -0.2) is 26.8 Å². The Labute approximate surface area is 226 Å². The third-order valence-corrected chi connectivity index (χ3v) is 7.12. The number of phenolic OH excluding ortho intramolecular Hbond substituents is 1. The van der Waals surface area contributed by atoms with E-state index in [2.05, 4.69) is 15.7 Å². The topological polar surface area (TPSA) is 96.3 Å². The van der Waals surface area contributed by atoms with Crippen molar-refractivity contribution in [3.05, 3.63) is 100 Å². The molecular weight excluding hydrogens is 500 g/mol. The Balaban J connectivity index is 1.37. The van der Waals surface area contributed by atoms with Crippen LogP contribution in [-0.2, 0) is 6.54 Å². The minimum Gasteiger partial charge on any atom is -0.507 e. The molecule has 194 valence electrons. The van der Waals surface area contributed by atoms with Gasteiger partial charge in [-0.05, 0) is 67.8 Å². The molecule has 0 unspecified atom stereocenters. The van der Waals surface area contributed by atoms with Gasteiger partial charge in [-0.25, -0.2) is 4.79 Å². The first-order valence-corrected chi connectivity index (χ1v) is 13.1. The number of halogens is 1. The summed E-state index contributed by atoms with van der Waals surface area (Å²) >= 11 is 5.90. The minimum absolute atomic E-state index is 0.0401. The van der Waals surface area contributed by atoms with Gasteiger partial charge in [-0.3, -0.25) is 4.79 Å². The van der Waals surface area contributed by atoms with Gasteiger partial charge in [0.05, 0.1) is 11.4 Å². The van der Waals surface area contributed by atoms with Gasteiger partial charge in [-0.1, -0.05) is 54.3 Å². The average molecular weight is 529 g/mol. The zero-order chi connectivity index (χ0) is 26.6. The molecule has 38 heavy (non-hydrogen) atoms. The van der Waals surface area contributed by atoms with Gasteiger partial charge in [0.25, 0.3) is 5.91 Å². The maximum Gasteiger partial charge on any atom is 0.342 e. The number of phenols is 1. The first kappa shape index (κ1) is 25.5. The number of hydrogen-bond acceptors (Lipinski definition) is 4. The number of amides is 2. The fourth-order valence-electron chi connectivity index (χ4n) is 4.91. The van der Waals surface area contributed by atoms with E-state index in [1.54, 1.807) is 36.4 Å². The van der Waals surface area contributed by atoms with Crippen LogP contribution in [0.3, 0.4) is 0 Å². The molecule has 4 aromatic rings. The smallest absolute Gasteiger partial charge is 0.342 e. The number of nitrogens with zero attached hydrogens (tertiary/aromatic N) is 2. The second kappa shape index (κ2) is 11.1. The molecule has 2 amide bonds. The van der Waals surface area contributed by atoms with Crippen LogP contribution < -0.4 is 10.6 Å². The molecule has 0 atom stereocenters. The van der Waals surface area contributed by atoms with Gasteiger partial charge in [0.2, 0.25) is 0 Å². The molecule has 0 bridgehead atoms. The van der Waals surface area contributed by atoms with E-state index in [4.69, 9.17) is 11.6 Å². The molecule has 1 aliphatic carbocycles. The lowest BCUT2D eigenvalue weighted by Gasteiger charge is -2.12. The highest BCUT2D eigenvalue weighted by molar-refractivity contribution is 6.30. The predicted octanol–water partition coefficient (Wildman–Crippen LogP) is 6.89. The number of aromatic hydroxyl groups is 1. The number of aryl methyl sites for hydroxylation is 1. The number of rotatable bonds is 6. The minimum atomic E-state index is -0.313. The fraction of sp³-hybridized carbons (Fsp3) is 0.233. The molecule has 1 fully saturated rings. The molecule has 1 heterocycles. The van der Waals surface area contributed by atoms with Crippen molar-refractivity contribution in [1.29, 1.82) is 0 Å². The van der Waals surface area contributed by atoms with Crippen molar-refractivity contribution in [2.24, 2.45) is 0 Å². The van der Waals surface area contributed by atoms with Crippen LogP contribution in [0, 0.1) is 6.92 Å². The summed E-state index contributed by atoms with van der Waals surface area (Å²) in [4.78, 5) is 25.8. The van der Waals surface area contributed by atoms with Gasteiger partial charge in [-0.15, -0.1) is 0 Å². The van der Waals surface area contributed by atoms with Gasteiger partial charge >= 0.3 is 6.03 Å². The SMILES string of the molecule is Cc1cccc(CNC(=O)n2nc(-c3ccc(NC(=O)c4ccc(Cl)cc4)cc3O)cc2C2CCCC2)c1. The molecule has 0 spiro atoms. The number of benzene rings is 3. The van der Waals surface area contributed by atoms with Crippen molar-refractivity contribution in [1.82, 2.24) is 15.1 Å². The molecule has 7 nitrogen and oxygen atoms in total. The van der Waals surface area contributed by atoms with E-state index >= 15 is 0 Å². The number of aromatic nitrogens is 2. The first-order chi connectivity index (χ1) is 18.4. The molecule has 8 heteroatoms. The van der Waals surface area contributed by atoms with Gasteiger partial charge in [0.1, 0.15) is 5.75 Å². The van der Waals surface area contributed by atoms with Crippen molar-refractivity contribution in [3.63, 3.8) is 0 Å². The molecule has 1 aromatic heterocycles. The van der Waals surface area contributed by atoms with Gasteiger partial charge in [0, 0.05) is 40.4 Å². The molecule has 5 rings (SSSR count). The van der Waals surface area contributed by atoms with Crippen LogP contribution >= 0.6 is 11.6 Å². The second-order valence-corrected chi connectivity index (χ2v) is 10.1. The Morgan fingerprint density at radius 3 is 2.50 bits per heavy atom. The number of carbonyl (C=O) groups excluding carboxylic acids is 2. The highest BCUT2D eigenvalue weighted by Gasteiger charge is 2.26. The monoisotopic (exact) mass is 528 g/mol. The summed E-state index contributed by atoms with van der Waals surface area (Å²) in [5.41, 5.74) is 4.88. The first-order valence-electron chi connectivity index (χ1n) is 12.7. The normalized spacial score (nSPS) is 13.4. The van der Waals surface area contributed by atoms with Crippen LogP contribution in [0.4, 0.5) is 10.5 Å². The van der Waals surface area contributed by atoms with Crippen molar-refractivity contribution in [3.8, 4) is 17.0 Å². The Morgan fingerprint density at radius 1 is 1.03 bits per heavy atom. The average Bonchev–Trinajstić information content (AvgIpc) is 3.58. The third-order valence-electron chi connectivity index (χ3n) is 6.87. The highest BCUT2D eigenvalue weighted by atomic mass is 35.5. The summed E-state index contributed by atoms with van der Waals surface area (Å²) in [5.74, 6) is -0.116. The molecule has 0 aliphatic heterocycles. The fourth-order valence-corrected chi connectivity index (χ4v) is 5.03. The second-order valence-electron chi connectivity index (χ2n) is 9.69. The summed E-state index contributed by atoms with van der Waals surface area (Å²) in [6.07, 6.45) is 4.22. The zero-order valence-corrected chi connectivity index (χ0v) is 21.8. The van der Waals surface area contributed by atoms with E-state index in [0.717, 1.165) is 42.5 Å². The molecule has 3 aromatic carbocycles. The Kier molecular flexibility index (Phi) is 7.47. The van der Waals surface area contributed by atoms with Gasteiger partial charge < -0.3 is 15.7 Å². The lowest BCUT2D eigenvalue weighted by Crippen LogP contribution is -2.30. The van der Waals surface area contributed by atoms with E-state index in [1.807, 2.05) is 37.3 Å². The Morgan fingerprint density at radius 2 is 1.79 bits per heavy atom. The Hall–Kier alpha value is -4.10. The van der Waals surface area contributed by atoms with E-state index < -0.39 is 0 Å². The predicted molar refractivity (Wildman–Crippen MR) is 149 cm³/mol. The standard InChI is InChI=1S/C30H29ClN4O3/c1-19-5-4-6-20(15-19)18-32-30(38)35-27(21-7-2-3-8-21)17-26(34-35)25-14-13-24(16-28(25)36)33-29(37)22-9-11-23(31)12-10-22/h4-6,9-17,21,36H,2-3,7-8,18H2,1H3,(H,32,38)(H,33,37). The van der Waals surface area contributed by atoms with Crippen LogP contribution in [0.25, 0.3) is 11.3 Å².